The fourth-order valence-corrected chi connectivity index (χ4v) is 5.70. The summed E-state index contributed by atoms with van der Waals surface area (Å²) in [6.45, 7) is 5.40. The highest BCUT2D eigenvalue weighted by atomic mass is 32.1. The number of nitrogens with zero attached hydrogens (tertiary/aromatic N) is 1. The maximum Gasteiger partial charge on any atom is 0.248 e. The second-order valence-electron chi connectivity index (χ2n) is 9.93. The van der Waals surface area contributed by atoms with Crippen LogP contribution in [0.15, 0.2) is 40.6 Å². The van der Waals surface area contributed by atoms with E-state index in [-0.39, 0.29) is 28.8 Å². The van der Waals surface area contributed by atoms with Gasteiger partial charge in [0.05, 0.1) is 33.1 Å². The molecule has 1 aliphatic rings. The lowest BCUT2D eigenvalue weighted by molar-refractivity contribution is -0.120. The molecule has 3 atom stereocenters. The molecule has 2 aromatic carbocycles. The van der Waals surface area contributed by atoms with Gasteiger partial charge in [-0.15, -0.1) is 11.3 Å². The molecule has 1 heterocycles. The molecule has 10 nitrogen and oxygen atoms in total. The quantitative estimate of drug-likeness (QED) is 0.313. The van der Waals surface area contributed by atoms with Crippen molar-refractivity contribution in [2.45, 2.75) is 52.1 Å². The van der Waals surface area contributed by atoms with E-state index in [1.165, 1.54) is 24.3 Å². The van der Waals surface area contributed by atoms with Crippen molar-refractivity contribution in [1.82, 2.24) is 10.3 Å². The molecule has 41 heavy (non-hydrogen) atoms. The summed E-state index contributed by atoms with van der Waals surface area (Å²) >= 11 is 1.32. The van der Waals surface area contributed by atoms with Gasteiger partial charge in [0.25, 0.3) is 0 Å². The molecule has 4 rings (SSSR count). The number of carbonyl (C=O) groups is 2. The minimum atomic E-state index is -0.684. The van der Waals surface area contributed by atoms with Crippen molar-refractivity contribution in [2.24, 2.45) is 5.92 Å². The summed E-state index contributed by atoms with van der Waals surface area (Å²) in [6.07, 6.45) is 3.48. The summed E-state index contributed by atoms with van der Waals surface area (Å²) in [6, 6.07) is 5.85. The first kappa shape index (κ1) is 29.9. The molecule has 0 bridgehead atoms. The van der Waals surface area contributed by atoms with E-state index in [2.05, 4.69) is 20.9 Å². The highest BCUT2D eigenvalue weighted by molar-refractivity contribution is 7.13. The van der Waals surface area contributed by atoms with Crippen molar-refractivity contribution in [3.63, 3.8) is 0 Å². The van der Waals surface area contributed by atoms with Crippen molar-refractivity contribution in [1.29, 1.82) is 0 Å². The van der Waals surface area contributed by atoms with Crippen molar-refractivity contribution in [2.75, 3.05) is 32.0 Å². The van der Waals surface area contributed by atoms with E-state index in [1.54, 1.807) is 39.0 Å². The van der Waals surface area contributed by atoms with Gasteiger partial charge < -0.3 is 30.2 Å². The van der Waals surface area contributed by atoms with Crippen molar-refractivity contribution in [3.05, 3.63) is 57.2 Å². The lowest BCUT2D eigenvalue weighted by atomic mass is 9.95. The lowest BCUT2D eigenvalue weighted by Crippen LogP contribution is -2.40. The second kappa shape index (κ2) is 13.0. The number of aryl methyl sites for hydroxylation is 1. The van der Waals surface area contributed by atoms with Gasteiger partial charge in [-0.25, -0.2) is 4.98 Å². The second-order valence-corrected chi connectivity index (χ2v) is 10.8. The summed E-state index contributed by atoms with van der Waals surface area (Å²) < 4.78 is 17.1. The normalized spacial score (nSPS) is 15.3. The number of aromatic nitrogens is 1. The van der Waals surface area contributed by atoms with Crippen LogP contribution in [-0.2, 0) is 16.0 Å². The van der Waals surface area contributed by atoms with E-state index < -0.39 is 12.1 Å². The van der Waals surface area contributed by atoms with Crippen molar-refractivity contribution in [3.8, 4) is 28.4 Å². The fourth-order valence-electron chi connectivity index (χ4n) is 5.16. The number of amides is 2. The summed E-state index contributed by atoms with van der Waals surface area (Å²) in [7, 11) is 4.66. The number of hydrogen-bond acceptors (Lipinski definition) is 9. The molecule has 11 heteroatoms. The third-order valence-electron chi connectivity index (χ3n) is 7.38. The molecule has 0 saturated carbocycles. The number of nitrogens with one attached hydrogen (secondary N) is 3. The minimum Gasteiger partial charge on any atom is -0.493 e. The van der Waals surface area contributed by atoms with Crippen molar-refractivity contribution < 1.29 is 23.8 Å². The Morgan fingerprint density at radius 1 is 1.12 bits per heavy atom. The molecule has 218 valence electrons. The summed E-state index contributed by atoms with van der Waals surface area (Å²) in [5.74, 6) is 0.865. The Labute approximate surface area is 243 Å². The van der Waals surface area contributed by atoms with Gasteiger partial charge in [-0.1, -0.05) is 26.3 Å². The average Bonchev–Trinajstić information content (AvgIpc) is 3.36. The van der Waals surface area contributed by atoms with E-state index in [0.717, 1.165) is 11.1 Å². The molecule has 3 aromatic rings. The molecule has 0 aliphatic heterocycles. The van der Waals surface area contributed by atoms with Crippen LogP contribution in [0.5, 0.6) is 17.2 Å². The van der Waals surface area contributed by atoms with E-state index in [1.807, 2.05) is 26.0 Å². The Bertz CT molecular complexity index is 1480. The van der Waals surface area contributed by atoms with Gasteiger partial charge in [0.15, 0.2) is 16.6 Å². The maximum atomic E-state index is 13.7. The number of carbonyl (C=O) groups excluding carboxylic acids is 2. The van der Waals surface area contributed by atoms with Crippen LogP contribution in [0.3, 0.4) is 0 Å². The highest BCUT2D eigenvalue weighted by Gasteiger charge is 2.30. The van der Waals surface area contributed by atoms with Gasteiger partial charge in [-0.2, -0.15) is 0 Å². The standard InChI is InChI=1S/C30H36N4O6S/c1-7-16(2)26(29(37)34-30-31-12-13-41-30)33-22-11-9-19-20(15-23(22)36)21(32-17(3)35)10-8-18-14-24(38-4)27(39-5)28(40-6)25(18)19/h9,11-16,21,26H,7-8,10H2,1-6H3,(H,32,35)(H,33,36)(H,31,34,37). The van der Waals surface area contributed by atoms with Gasteiger partial charge in [-0.05, 0) is 53.6 Å². The molecule has 0 fully saturated rings. The Kier molecular flexibility index (Phi) is 9.49. The Morgan fingerprint density at radius 2 is 1.88 bits per heavy atom. The first-order valence-corrected chi connectivity index (χ1v) is 14.3. The monoisotopic (exact) mass is 580 g/mol. The Morgan fingerprint density at radius 3 is 2.49 bits per heavy atom. The first-order valence-electron chi connectivity index (χ1n) is 13.5. The van der Waals surface area contributed by atoms with Crippen LogP contribution in [0.2, 0.25) is 0 Å². The van der Waals surface area contributed by atoms with Gasteiger partial charge >= 0.3 is 0 Å². The van der Waals surface area contributed by atoms with Crippen molar-refractivity contribution >= 4 is 34.0 Å². The van der Waals surface area contributed by atoms with Gasteiger partial charge in [0, 0.05) is 24.1 Å². The Hall–Kier alpha value is -4.12. The predicted molar refractivity (Wildman–Crippen MR) is 160 cm³/mol. The van der Waals surface area contributed by atoms with Crippen LogP contribution in [0.1, 0.15) is 50.8 Å². The zero-order chi connectivity index (χ0) is 29.7. The molecule has 0 spiro atoms. The van der Waals surface area contributed by atoms with E-state index in [4.69, 9.17) is 14.2 Å². The van der Waals surface area contributed by atoms with Crippen LogP contribution >= 0.6 is 11.3 Å². The number of anilines is 2. The number of thiazole rings is 1. The SMILES string of the molecule is CCC(C)C(Nc1ccc2c(cc1=O)C(NC(C)=O)CCc1cc(OC)c(OC)c(OC)c1-2)C(=O)Nc1nccs1. The molecule has 0 saturated heterocycles. The zero-order valence-electron chi connectivity index (χ0n) is 24.1. The minimum absolute atomic E-state index is 0.0811. The van der Waals surface area contributed by atoms with Crippen LogP contribution in [0, 0.1) is 5.92 Å². The molecule has 3 unspecified atom stereocenters. The van der Waals surface area contributed by atoms with Crippen LogP contribution in [-0.4, -0.2) is 44.2 Å². The Balaban J connectivity index is 1.88. The number of ether oxygens (including phenoxy) is 3. The number of hydrogen-bond donors (Lipinski definition) is 3. The number of benzene rings is 1. The molecule has 2 amide bonds. The van der Waals surface area contributed by atoms with Crippen LogP contribution in [0.4, 0.5) is 10.8 Å². The van der Waals surface area contributed by atoms with E-state index >= 15 is 0 Å². The van der Waals surface area contributed by atoms with E-state index in [9.17, 15) is 14.4 Å². The van der Waals surface area contributed by atoms with Gasteiger partial charge in [0.1, 0.15) is 6.04 Å². The third kappa shape index (κ3) is 6.30. The maximum absolute atomic E-state index is 13.7. The molecular formula is C30H36N4O6S. The van der Waals surface area contributed by atoms with Gasteiger partial charge in [-0.3, -0.25) is 14.4 Å². The molecule has 0 radical (unpaired) electrons. The predicted octanol–water partition coefficient (Wildman–Crippen LogP) is 4.78. The molecule has 1 aliphatic carbocycles. The highest BCUT2D eigenvalue weighted by Crippen LogP contribution is 2.50. The summed E-state index contributed by atoms with van der Waals surface area (Å²) in [4.78, 5) is 43.3. The number of rotatable bonds is 10. The first-order chi connectivity index (χ1) is 19.7. The lowest BCUT2D eigenvalue weighted by Gasteiger charge is -2.23. The largest absolute Gasteiger partial charge is 0.493 e. The van der Waals surface area contributed by atoms with Gasteiger partial charge in [0.2, 0.25) is 23.0 Å². The zero-order valence-corrected chi connectivity index (χ0v) is 24.9. The summed E-state index contributed by atoms with van der Waals surface area (Å²) in [5, 5.41) is 11.3. The average molecular weight is 581 g/mol. The molecule has 3 N–H and O–H groups in total. The third-order valence-corrected chi connectivity index (χ3v) is 8.07. The van der Waals surface area contributed by atoms with E-state index in [0.29, 0.717) is 52.8 Å². The molecular weight excluding hydrogens is 544 g/mol. The smallest absolute Gasteiger partial charge is 0.248 e. The van der Waals surface area contributed by atoms with Crippen LogP contribution in [0.25, 0.3) is 11.1 Å². The topological polar surface area (TPSA) is 128 Å². The summed E-state index contributed by atoms with van der Waals surface area (Å²) in [5.41, 5.74) is 3.01. The van der Waals surface area contributed by atoms with Crippen LogP contribution < -0.4 is 35.6 Å². The molecule has 1 aromatic heterocycles. The number of fused-ring (bicyclic) bond motifs is 3. The fraction of sp³-hybridized carbons (Fsp3) is 0.400. The number of methoxy groups -OCH3 is 3.